The van der Waals surface area contributed by atoms with Gasteiger partial charge in [-0.1, -0.05) is 26.3 Å². The lowest BCUT2D eigenvalue weighted by Gasteiger charge is -2.20. The molecule has 0 unspecified atom stereocenters. The van der Waals surface area contributed by atoms with Crippen molar-refractivity contribution in [2.75, 3.05) is 6.61 Å². The highest BCUT2D eigenvalue weighted by Crippen LogP contribution is 2.16. The number of rotatable bonds is 7. The van der Waals surface area contributed by atoms with Crippen LogP contribution in [0.15, 0.2) is 18.2 Å². The third-order valence-electron chi connectivity index (χ3n) is 3.36. The normalized spacial score (nSPS) is 13.3. The molecule has 5 nitrogen and oxygen atoms in total. The smallest absolute Gasteiger partial charge is 0.326 e. The molecule has 1 aromatic rings. The minimum absolute atomic E-state index is 0.132. The average molecular weight is 293 g/mol. The Morgan fingerprint density at radius 2 is 1.81 bits per heavy atom. The first-order valence-corrected chi connectivity index (χ1v) is 7.06. The van der Waals surface area contributed by atoms with Crippen LogP contribution in [-0.2, 0) is 9.59 Å². The van der Waals surface area contributed by atoms with E-state index in [1.165, 1.54) is 0 Å². The number of hydrogen-bond acceptors (Lipinski definition) is 3. The zero-order valence-corrected chi connectivity index (χ0v) is 13.0. The van der Waals surface area contributed by atoms with Gasteiger partial charge in [-0.3, -0.25) is 4.79 Å². The van der Waals surface area contributed by atoms with Crippen LogP contribution in [-0.4, -0.2) is 29.6 Å². The van der Waals surface area contributed by atoms with Crippen molar-refractivity contribution >= 4 is 11.9 Å². The molecule has 21 heavy (non-hydrogen) atoms. The fourth-order valence-corrected chi connectivity index (χ4v) is 2.06. The highest BCUT2D eigenvalue weighted by molar-refractivity contribution is 5.84. The number of hydrogen-bond donors (Lipinski definition) is 2. The predicted octanol–water partition coefficient (Wildman–Crippen LogP) is 2.30. The van der Waals surface area contributed by atoms with Crippen molar-refractivity contribution in [1.29, 1.82) is 0 Å². The van der Waals surface area contributed by atoms with Gasteiger partial charge in [-0.05, 0) is 43.0 Å². The lowest BCUT2D eigenvalue weighted by atomic mass is 9.99. The first-order chi connectivity index (χ1) is 9.83. The second-order valence-electron chi connectivity index (χ2n) is 5.38. The van der Waals surface area contributed by atoms with E-state index in [1.807, 2.05) is 39.0 Å². The summed E-state index contributed by atoms with van der Waals surface area (Å²) < 4.78 is 5.42. The van der Waals surface area contributed by atoms with Crippen molar-refractivity contribution in [3.63, 3.8) is 0 Å². The molecule has 0 radical (unpaired) electrons. The second kappa shape index (κ2) is 7.67. The Kier molecular flexibility index (Phi) is 6.21. The second-order valence-corrected chi connectivity index (χ2v) is 5.38. The summed E-state index contributed by atoms with van der Waals surface area (Å²) in [6, 6.07) is 4.80. The topological polar surface area (TPSA) is 75.6 Å². The predicted molar refractivity (Wildman–Crippen MR) is 80.4 cm³/mol. The van der Waals surface area contributed by atoms with E-state index in [0.717, 1.165) is 11.1 Å². The summed E-state index contributed by atoms with van der Waals surface area (Å²) >= 11 is 0. The number of aliphatic carboxylic acids is 1. The van der Waals surface area contributed by atoms with Gasteiger partial charge in [-0.25, -0.2) is 4.79 Å². The van der Waals surface area contributed by atoms with Gasteiger partial charge in [0, 0.05) is 0 Å². The van der Waals surface area contributed by atoms with E-state index in [-0.39, 0.29) is 12.5 Å². The van der Waals surface area contributed by atoms with Gasteiger partial charge in [0.05, 0.1) is 0 Å². The molecule has 1 amide bonds. The van der Waals surface area contributed by atoms with Gasteiger partial charge in [0.1, 0.15) is 11.8 Å². The minimum Gasteiger partial charge on any atom is -0.484 e. The first kappa shape index (κ1) is 17.0. The largest absolute Gasteiger partial charge is 0.484 e. The van der Waals surface area contributed by atoms with Crippen LogP contribution >= 0.6 is 0 Å². The molecule has 2 atom stereocenters. The third kappa shape index (κ3) is 5.45. The van der Waals surface area contributed by atoms with Gasteiger partial charge < -0.3 is 15.2 Å². The van der Waals surface area contributed by atoms with Crippen LogP contribution in [0.5, 0.6) is 5.75 Å². The Balaban J connectivity index is 2.58. The lowest BCUT2D eigenvalue weighted by molar-refractivity contribution is -0.143. The van der Waals surface area contributed by atoms with Gasteiger partial charge in [0.2, 0.25) is 0 Å². The third-order valence-corrected chi connectivity index (χ3v) is 3.36. The highest BCUT2D eigenvalue weighted by atomic mass is 16.5. The lowest BCUT2D eigenvalue weighted by Crippen LogP contribution is -2.46. The molecule has 0 saturated carbocycles. The van der Waals surface area contributed by atoms with E-state index in [2.05, 4.69) is 5.32 Å². The highest BCUT2D eigenvalue weighted by Gasteiger charge is 2.25. The molecule has 0 saturated heterocycles. The minimum atomic E-state index is -1.02. The quantitative estimate of drug-likeness (QED) is 0.809. The number of amides is 1. The van der Waals surface area contributed by atoms with Crippen LogP contribution in [0.3, 0.4) is 0 Å². The summed E-state index contributed by atoms with van der Waals surface area (Å²) in [6.45, 7) is 7.39. The van der Waals surface area contributed by atoms with Crippen LogP contribution in [0.4, 0.5) is 0 Å². The fourth-order valence-electron chi connectivity index (χ4n) is 2.06. The molecule has 0 bridgehead atoms. The average Bonchev–Trinajstić information content (AvgIpc) is 2.40. The summed E-state index contributed by atoms with van der Waals surface area (Å²) in [6.07, 6.45) is 0.676. The zero-order chi connectivity index (χ0) is 16.0. The molecule has 0 fully saturated rings. The molecule has 0 aliphatic rings. The van der Waals surface area contributed by atoms with E-state index >= 15 is 0 Å². The molecule has 116 valence electrons. The van der Waals surface area contributed by atoms with Crippen molar-refractivity contribution < 1.29 is 19.4 Å². The molecule has 5 heteroatoms. The molecule has 1 rings (SSSR count). The monoisotopic (exact) mass is 293 g/mol. The molecule has 0 spiro atoms. The number of carboxylic acids is 1. The summed E-state index contributed by atoms with van der Waals surface area (Å²) in [5, 5.41) is 11.6. The number of benzene rings is 1. The van der Waals surface area contributed by atoms with Crippen molar-refractivity contribution in [2.45, 2.75) is 40.2 Å². The maximum atomic E-state index is 11.8. The van der Waals surface area contributed by atoms with Crippen molar-refractivity contribution in [1.82, 2.24) is 5.32 Å². The van der Waals surface area contributed by atoms with Crippen LogP contribution in [0, 0.1) is 19.8 Å². The van der Waals surface area contributed by atoms with Crippen molar-refractivity contribution in [3.8, 4) is 5.75 Å². The van der Waals surface area contributed by atoms with Crippen LogP contribution in [0.2, 0.25) is 0 Å². The van der Waals surface area contributed by atoms with Crippen molar-refractivity contribution in [3.05, 3.63) is 29.3 Å². The maximum Gasteiger partial charge on any atom is 0.326 e. The van der Waals surface area contributed by atoms with Crippen molar-refractivity contribution in [2.24, 2.45) is 5.92 Å². The molecule has 2 N–H and O–H groups in total. The number of carbonyl (C=O) groups excluding carboxylic acids is 1. The Morgan fingerprint density at radius 3 is 2.29 bits per heavy atom. The SMILES string of the molecule is CC[C@H](C)[C@H](NC(=O)COc1cc(C)cc(C)c1)C(=O)O. The summed E-state index contributed by atoms with van der Waals surface area (Å²) in [5.41, 5.74) is 2.10. The Morgan fingerprint density at radius 1 is 1.24 bits per heavy atom. The zero-order valence-electron chi connectivity index (χ0n) is 13.0. The Labute approximate surface area is 125 Å². The first-order valence-electron chi connectivity index (χ1n) is 7.06. The summed E-state index contributed by atoms with van der Waals surface area (Å²) in [5.74, 6) is -0.975. The summed E-state index contributed by atoms with van der Waals surface area (Å²) in [4.78, 5) is 23.0. The van der Waals surface area contributed by atoms with E-state index in [0.29, 0.717) is 12.2 Å². The van der Waals surface area contributed by atoms with E-state index in [9.17, 15) is 9.59 Å². The number of carbonyl (C=O) groups is 2. The molecule has 0 aromatic heterocycles. The fraction of sp³-hybridized carbons (Fsp3) is 0.500. The molecular weight excluding hydrogens is 270 g/mol. The molecule has 0 aliphatic heterocycles. The van der Waals surface area contributed by atoms with Gasteiger partial charge in [0.25, 0.3) is 5.91 Å². The van der Waals surface area contributed by atoms with Crippen LogP contribution in [0.1, 0.15) is 31.4 Å². The maximum absolute atomic E-state index is 11.8. The molecular formula is C16H23NO4. The molecule has 1 aromatic carbocycles. The summed E-state index contributed by atoms with van der Waals surface area (Å²) in [7, 11) is 0. The van der Waals surface area contributed by atoms with E-state index in [4.69, 9.17) is 9.84 Å². The van der Waals surface area contributed by atoms with Gasteiger partial charge in [-0.2, -0.15) is 0 Å². The Hall–Kier alpha value is -2.04. The number of nitrogens with one attached hydrogen (secondary N) is 1. The Bertz CT molecular complexity index is 493. The molecule has 0 heterocycles. The van der Waals surface area contributed by atoms with E-state index < -0.39 is 17.9 Å². The van der Waals surface area contributed by atoms with Gasteiger partial charge in [0.15, 0.2) is 6.61 Å². The number of ether oxygens (including phenoxy) is 1. The van der Waals surface area contributed by atoms with Gasteiger partial charge >= 0.3 is 5.97 Å². The van der Waals surface area contributed by atoms with Crippen LogP contribution in [0.25, 0.3) is 0 Å². The van der Waals surface area contributed by atoms with E-state index in [1.54, 1.807) is 6.92 Å². The molecule has 0 aliphatic carbocycles. The number of carboxylic acid groups (broad SMARTS) is 1. The number of aryl methyl sites for hydroxylation is 2. The van der Waals surface area contributed by atoms with Gasteiger partial charge in [-0.15, -0.1) is 0 Å². The standard InChI is InChI=1S/C16H23NO4/c1-5-12(4)15(16(19)20)17-14(18)9-21-13-7-10(2)6-11(3)8-13/h6-8,12,15H,5,9H2,1-4H3,(H,17,18)(H,19,20)/t12-,15-/m0/s1. The van der Waals surface area contributed by atoms with Crippen LogP contribution < -0.4 is 10.1 Å².